The maximum absolute atomic E-state index is 12.2. The van der Waals surface area contributed by atoms with Gasteiger partial charge in [0.05, 0.1) is 24.3 Å². The van der Waals surface area contributed by atoms with Crippen LogP contribution < -0.4 is 19.5 Å². The van der Waals surface area contributed by atoms with E-state index in [1.807, 2.05) is 0 Å². The monoisotopic (exact) mass is 459 g/mol. The minimum atomic E-state index is -0.742. The molecule has 0 aliphatic rings. The van der Waals surface area contributed by atoms with Gasteiger partial charge in [0.25, 0.3) is 0 Å². The zero-order chi connectivity index (χ0) is 22.0. The highest BCUT2D eigenvalue weighted by molar-refractivity contribution is 6.41. The second-order valence-electron chi connectivity index (χ2n) is 6.10. The fourth-order valence-corrected chi connectivity index (χ4v) is 3.70. The van der Waals surface area contributed by atoms with Gasteiger partial charge < -0.3 is 19.2 Å². The molecule has 0 spiro atoms. The van der Waals surface area contributed by atoms with Crippen molar-refractivity contribution in [3.05, 3.63) is 53.0 Å². The summed E-state index contributed by atoms with van der Waals surface area (Å²) in [7, 11) is 2.98. The zero-order valence-corrected chi connectivity index (χ0v) is 17.8. The first-order chi connectivity index (χ1) is 15.0. The Morgan fingerprint density at radius 3 is 2.23 bits per heavy atom. The highest BCUT2D eigenvalue weighted by Crippen LogP contribution is 2.47. The van der Waals surface area contributed by atoms with Crippen molar-refractivity contribution in [3.63, 3.8) is 0 Å². The Morgan fingerprint density at radius 1 is 0.935 bits per heavy atom. The number of hydrogen-bond donors (Lipinski definition) is 2. The normalized spacial score (nSPS) is 10.7. The van der Waals surface area contributed by atoms with Crippen LogP contribution in [-0.4, -0.2) is 40.2 Å². The smallest absolute Gasteiger partial charge is 0.419 e. The molecule has 0 fully saturated rings. The van der Waals surface area contributed by atoms with Crippen molar-refractivity contribution in [1.29, 1.82) is 0 Å². The number of benzene rings is 2. The van der Waals surface area contributed by atoms with E-state index in [-0.39, 0.29) is 21.7 Å². The van der Waals surface area contributed by atoms with Crippen LogP contribution in [0.4, 0.5) is 10.7 Å². The van der Waals surface area contributed by atoms with Crippen LogP contribution in [0.1, 0.15) is 0 Å². The Kier molecular flexibility index (Phi) is 5.79. The van der Waals surface area contributed by atoms with E-state index < -0.39 is 6.09 Å². The van der Waals surface area contributed by atoms with Crippen molar-refractivity contribution in [2.75, 3.05) is 19.5 Å². The number of methoxy groups -OCH3 is 2. The number of H-pyrrole nitrogens is 1. The van der Waals surface area contributed by atoms with Gasteiger partial charge in [-0.05, 0) is 12.1 Å². The van der Waals surface area contributed by atoms with Gasteiger partial charge in [-0.2, -0.15) is 0 Å². The molecule has 158 valence electrons. The molecule has 4 aromatic rings. The lowest BCUT2D eigenvalue weighted by Gasteiger charge is -2.16. The molecule has 1 amide bonds. The second kappa shape index (κ2) is 8.66. The van der Waals surface area contributed by atoms with E-state index >= 15 is 0 Å². The Bertz CT molecular complexity index is 1240. The van der Waals surface area contributed by atoms with Gasteiger partial charge in [-0.25, -0.2) is 14.8 Å². The minimum Gasteiger partial charge on any atom is -0.495 e. The summed E-state index contributed by atoms with van der Waals surface area (Å²) in [5.74, 6) is 1.21. The summed E-state index contributed by atoms with van der Waals surface area (Å²) in [4.78, 5) is 27.6. The molecular weight excluding hydrogens is 445 g/mol. The number of aromatic amines is 1. The van der Waals surface area contributed by atoms with E-state index in [0.717, 1.165) is 0 Å². The number of aromatic nitrogens is 4. The van der Waals surface area contributed by atoms with Crippen LogP contribution in [0.25, 0.3) is 22.2 Å². The third-order valence-electron chi connectivity index (χ3n) is 4.35. The zero-order valence-electron chi connectivity index (χ0n) is 16.3. The summed E-state index contributed by atoms with van der Waals surface area (Å²) < 4.78 is 16.1. The Morgan fingerprint density at radius 2 is 1.61 bits per heavy atom. The summed E-state index contributed by atoms with van der Waals surface area (Å²) in [5, 5.41) is 3.04. The number of imidazole rings is 1. The van der Waals surface area contributed by atoms with Crippen molar-refractivity contribution >= 4 is 46.3 Å². The fourth-order valence-electron chi connectivity index (χ4n) is 2.99. The molecular formula is C20H15Cl2N5O4. The average Bonchev–Trinajstić information content (AvgIpc) is 3.28. The number of carbonyl (C=O) groups is 1. The topological polar surface area (TPSA) is 111 Å². The SMILES string of the molecule is COc1cc(OC)c(Cl)c(-c2ccc(OC(=O)Nc3ncc[nH]3)c3nccnc23)c1Cl. The predicted molar refractivity (Wildman–Crippen MR) is 116 cm³/mol. The third-order valence-corrected chi connectivity index (χ3v) is 5.10. The number of anilines is 1. The molecule has 31 heavy (non-hydrogen) atoms. The maximum Gasteiger partial charge on any atom is 0.419 e. The van der Waals surface area contributed by atoms with Gasteiger partial charge in [-0.3, -0.25) is 10.3 Å². The first-order valence-electron chi connectivity index (χ1n) is 8.85. The standard InChI is InChI=1S/C20H15Cl2N5O4/c1-29-12-9-13(30-2)16(22)14(15(12)21)10-3-4-11(18-17(10)23-5-6-24-18)31-20(28)27-19-25-7-8-26-19/h3-9H,1-2H3,(H2,25,26,27,28). The van der Waals surface area contributed by atoms with Crippen LogP contribution >= 0.6 is 23.2 Å². The van der Waals surface area contributed by atoms with Gasteiger partial charge >= 0.3 is 6.09 Å². The van der Waals surface area contributed by atoms with E-state index in [1.165, 1.54) is 32.8 Å². The van der Waals surface area contributed by atoms with E-state index in [1.54, 1.807) is 24.4 Å². The second-order valence-corrected chi connectivity index (χ2v) is 6.86. The summed E-state index contributed by atoms with van der Waals surface area (Å²) >= 11 is 13.1. The van der Waals surface area contributed by atoms with Gasteiger partial charge in [0.1, 0.15) is 22.5 Å². The number of carbonyl (C=O) groups excluding carboxylic acids is 1. The number of amides is 1. The van der Waals surface area contributed by atoms with Crippen molar-refractivity contribution in [2.24, 2.45) is 0 Å². The highest BCUT2D eigenvalue weighted by Gasteiger charge is 2.22. The third kappa shape index (κ3) is 3.92. The van der Waals surface area contributed by atoms with Crippen molar-refractivity contribution in [1.82, 2.24) is 19.9 Å². The lowest BCUT2D eigenvalue weighted by molar-refractivity contribution is 0.215. The average molecular weight is 460 g/mol. The first kappa shape index (κ1) is 20.7. The molecule has 0 atom stereocenters. The molecule has 0 unspecified atom stereocenters. The van der Waals surface area contributed by atoms with E-state index in [0.29, 0.717) is 33.7 Å². The summed E-state index contributed by atoms with van der Waals surface area (Å²) in [6.45, 7) is 0. The molecule has 0 saturated carbocycles. The van der Waals surface area contributed by atoms with Gasteiger partial charge in [0, 0.05) is 42.0 Å². The van der Waals surface area contributed by atoms with Crippen LogP contribution in [0, 0.1) is 0 Å². The quantitative estimate of drug-likeness (QED) is 0.433. The number of nitrogens with zero attached hydrogens (tertiary/aromatic N) is 3. The Balaban J connectivity index is 1.82. The molecule has 2 aromatic carbocycles. The molecule has 4 rings (SSSR count). The first-order valence-corrected chi connectivity index (χ1v) is 9.61. The molecule has 11 heteroatoms. The van der Waals surface area contributed by atoms with E-state index in [2.05, 4.69) is 25.3 Å². The van der Waals surface area contributed by atoms with E-state index in [4.69, 9.17) is 37.4 Å². The van der Waals surface area contributed by atoms with Crippen LogP contribution in [0.15, 0.2) is 43.0 Å². The number of halogens is 2. The lowest BCUT2D eigenvalue weighted by atomic mass is 10.0. The highest BCUT2D eigenvalue weighted by atomic mass is 35.5. The van der Waals surface area contributed by atoms with Crippen LogP contribution in [0.2, 0.25) is 10.0 Å². The van der Waals surface area contributed by atoms with Crippen LogP contribution in [0.3, 0.4) is 0 Å². The molecule has 0 radical (unpaired) electrons. The van der Waals surface area contributed by atoms with Gasteiger partial charge in [0.15, 0.2) is 5.75 Å². The largest absolute Gasteiger partial charge is 0.495 e. The maximum atomic E-state index is 12.2. The number of ether oxygens (including phenoxy) is 3. The van der Waals surface area contributed by atoms with Crippen molar-refractivity contribution < 1.29 is 19.0 Å². The number of rotatable bonds is 5. The number of fused-ring (bicyclic) bond motifs is 1. The lowest BCUT2D eigenvalue weighted by Crippen LogP contribution is -2.17. The number of hydrogen-bond acceptors (Lipinski definition) is 7. The molecule has 2 aromatic heterocycles. The van der Waals surface area contributed by atoms with Gasteiger partial charge in [-0.1, -0.05) is 23.2 Å². The number of nitrogens with one attached hydrogen (secondary N) is 2. The predicted octanol–water partition coefficient (Wildman–Crippen LogP) is 4.95. The van der Waals surface area contributed by atoms with Crippen molar-refractivity contribution in [2.45, 2.75) is 0 Å². The van der Waals surface area contributed by atoms with Crippen LogP contribution in [-0.2, 0) is 0 Å². The molecule has 0 bridgehead atoms. The molecule has 0 saturated heterocycles. The Labute approximate surface area is 186 Å². The molecule has 0 aliphatic heterocycles. The van der Waals surface area contributed by atoms with Crippen LogP contribution in [0.5, 0.6) is 17.2 Å². The van der Waals surface area contributed by atoms with Crippen molar-refractivity contribution in [3.8, 4) is 28.4 Å². The summed E-state index contributed by atoms with van der Waals surface area (Å²) in [6, 6.07) is 4.85. The summed E-state index contributed by atoms with van der Waals surface area (Å²) in [6.07, 6.45) is 5.33. The van der Waals surface area contributed by atoms with Gasteiger partial charge in [-0.15, -0.1) is 0 Å². The molecule has 9 nitrogen and oxygen atoms in total. The molecule has 0 aliphatic carbocycles. The minimum absolute atomic E-state index is 0.193. The Hall–Kier alpha value is -3.56. The molecule has 2 N–H and O–H groups in total. The van der Waals surface area contributed by atoms with E-state index in [9.17, 15) is 4.79 Å². The molecule has 2 heterocycles. The summed E-state index contributed by atoms with van der Waals surface area (Å²) in [5.41, 5.74) is 1.78. The fraction of sp³-hybridized carbons (Fsp3) is 0.100. The van der Waals surface area contributed by atoms with Gasteiger partial charge in [0.2, 0.25) is 5.95 Å².